The standard InChI is InChI=1S/C12H11FN2/c13-11-6-4-10(5-7-11)9-15-12-3-1-2-8-14-12/h1-8H,9H2,(H,14,15). The lowest BCUT2D eigenvalue weighted by molar-refractivity contribution is 0.627. The van der Waals surface area contributed by atoms with Crippen LogP contribution in [0.2, 0.25) is 0 Å². The molecule has 1 aromatic heterocycles. The number of halogens is 1. The van der Waals surface area contributed by atoms with Crippen LogP contribution in [0.3, 0.4) is 0 Å². The van der Waals surface area contributed by atoms with E-state index in [0.29, 0.717) is 6.54 Å². The number of pyridine rings is 1. The highest BCUT2D eigenvalue weighted by molar-refractivity contribution is 5.34. The van der Waals surface area contributed by atoms with Crippen LogP contribution in [0.1, 0.15) is 5.56 Å². The first-order valence-electron chi connectivity index (χ1n) is 4.74. The molecule has 0 aliphatic carbocycles. The Kier molecular flexibility index (Phi) is 2.93. The summed E-state index contributed by atoms with van der Waals surface area (Å²) in [5.41, 5.74) is 1.03. The first kappa shape index (κ1) is 9.65. The summed E-state index contributed by atoms with van der Waals surface area (Å²) in [7, 11) is 0. The van der Waals surface area contributed by atoms with E-state index < -0.39 is 0 Å². The van der Waals surface area contributed by atoms with E-state index in [1.807, 2.05) is 18.2 Å². The quantitative estimate of drug-likeness (QED) is 0.827. The van der Waals surface area contributed by atoms with Crippen LogP contribution in [0.4, 0.5) is 10.2 Å². The molecule has 1 N–H and O–H groups in total. The topological polar surface area (TPSA) is 24.9 Å². The highest BCUT2D eigenvalue weighted by Crippen LogP contribution is 2.06. The normalized spacial score (nSPS) is 9.93. The van der Waals surface area contributed by atoms with Gasteiger partial charge in [0.25, 0.3) is 0 Å². The average molecular weight is 202 g/mol. The van der Waals surface area contributed by atoms with E-state index in [-0.39, 0.29) is 5.82 Å². The summed E-state index contributed by atoms with van der Waals surface area (Å²) < 4.78 is 12.6. The average Bonchev–Trinajstić information content (AvgIpc) is 2.30. The lowest BCUT2D eigenvalue weighted by Gasteiger charge is -2.04. The van der Waals surface area contributed by atoms with E-state index in [0.717, 1.165) is 11.4 Å². The molecule has 1 heterocycles. The molecule has 2 aromatic rings. The van der Waals surface area contributed by atoms with Crippen LogP contribution in [0.25, 0.3) is 0 Å². The summed E-state index contributed by atoms with van der Waals surface area (Å²) >= 11 is 0. The van der Waals surface area contributed by atoms with E-state index in [4.69, 9.17) is 0 Å². The third kappa shape index (κ3) is 2.77. The lowest BCUT2D eigenvalue weighted by Crippen LogP contribution is -2.00. The molecule has 2 nitrogen and oxygen atoms in total. The monoisotopic (exact) mass is 202 g/mol. The summed E-state index contributed by atoms with van der Waals surface area (Å²) in [5.74, 6) is 0.610. The lowest BCUT2D eigenvalue weighted by atomic mass is 10.2. The second-order valence-corrected chi connectivity index (χ2v) is 3.19. The molecule has 0 aliphatic heterocycles. The SMILES string of the molecule is Fc1ccc(CNc2ccccn2)cc1. The zero-order valence-corrected chi connectivity index (χ0v) is 8.15. The number of hydrogen-bond acceptors (Lipinski definition) is 2. The van der Waals surface area contributed by atoms with Gasteiger partial charge in [-0.15, -0.1) is 0 Å². The largest absolute Gasteiger partial charge is 0.366 e. The van der Waals surface area contributed by atoms with E-state index >= 15 is 0 Å². The minimum atomic E-state index is -0.211. The zero-order valence-electron chi connectivity index (χ0n) is 8.15. The summed E-state index contributed by atoms with van der Waals surface area (Å²) in [5, 5.41) is 3.15. The molecule has 15 heavy (non-hydrogen) atoms. The predicted octanol–water partition coefficient (Wildman–Crippen LogP) is 2.83. The summed E-state index contributed by atoms with van der Waals surface area (Å²) in [6.07, 6.45) is 1.73. The van der Waals surface area contributed by atoms with Crippen molar-refractivity contribution in [3.63, 3.8) is 0 Å². The molecule has 0 unspecified atom stereocenters. The van der Waals surface area contributed by atoms with Gasteiger partial charge in [-0.3, -0.25) is 0 Å². The zero-order chi connectivity index (χ0) is 10.5. The van der Waals surface area contributed by atoms with Crippen LogP contribution in [0, 0.1) is 5.82 Å². The summed E-state index contributed by atoms with van der Waals surface area (Å²) in [4.78, 5) is 4.13. The van der Waals surface area contributed by atoms with Gasteiger partial charge in [-0.25, -0.2) is 9.37 Å². The Labute approximate surface area is 87.8 Å². The fraction of sp³-hybridized carbons (Fsp3) is 0.0833. The minimum absolute atomic E-state index is 0.211. The minimum Gasteiger partial charge on any atom is -0.366 e. The van der Waals surface area contributed by atoms with Gasteiger partial charge in [-0.2, -0.15) is 0 Å². The molecule has 0 aliphatic rings. The third-order valence-electron chi connectivity index (χ3n) is 2.05. The van der Waals surface area contributed by atoms with Crippen molar-refractivity contribution < 1.29 is 4.39 Å². The van der Waals surface area contributed by atoms with Crippen LogP contribution >= 0.6 is 0 Å². The maximum Gasteiger partial charge on any atom is 0.126 e. The fourth-order valence-corrected chi connectivity index (χ4v) is 1.26. The number of rotatable bonds is 3. The van der Waals surface area contributed by atoms with E-state index in [1.165, 1.54) is 12.1 Å². The number of hydrogen-bond donors (Lipinski definition) is 1. The van der Waals surface area contributed by atoms with Gasteiger partial charge >= 0.3 is 0 Å². The van der Waals surface area contributed by atoms with Crippen LogP contribution in [-0.4, -0.2) is 4.98 Å². The molecule has 0 spiro atoms. The molecular formula is C12H11FN2. The number of nitrogens with one attached hydrogen (secondary N) is 1. The molecule has 2 rings (SSSR count). The highest BCUT2D eigenvalue weighted by atomic mass is 19.1. The van der Waals surface area contributed by atoms with Crippen molar-refractivity contribution in [3.05, 3.63) is 60.0 Å². The number of anilines is 1. The van der Waals surface area contributed by atoms with E-state index in [2.05, 4.69) is 10.3 Å². The van der Waals surface area contributed by atoms with Crippen molar-refractivity contribution in [2.45, 2.75) is 6.54 Å². The maximum absolute atomic E-state index is 12.6. The molecular weight excluding hydrogens is 191 g/mol. The number of benzene rings is 1. The molecule has 0 fully saturated rings. The van der Waals surface area contributed by atoms with Gasteiger partial charge in [0.05, 0.1) is 0 Å². The Morgan fingerprint density at radius 3 is 2.53 bits per heavy atom. The van der Waals surface area contributed by atoms with Gasteiger partial charge < -0.3 is 5.32 Å². The predicted molar refractivity (Wildman–Crippen MR) is 58.0 cm³/mol. The van der Waals surface area contributed by atoms with E-state index in [9.17, 15) is 4.39 Å². The van der Waals surface area contributed by atoms with Crippen molar-refractivity contribution in [2.75, 3.05) is 5.32 Å². The van der Waals surface area contributed by atoms with Gasteiger partial charge in [0, 0.05) is 12.7 Å². The Morgan fingerprint density at radius 2 is 1.87 bits per heavy atom. The van der Waals surface area contributed by atoms with Crippen molar-refractivity contribution in [2.24, 2.45) is 0 Å². The van der Waals surface area contributed by atoms with Crippen molar-refractivity contribution >= 4 is 5.82 Å². The highest BCUT2D eigenvalue weighted by Gasteiger charge is 1.94. The van der Waals surface area contributed by atoms with Gasteiger partial charge in [0.1, 0.15) is 11.6 Å². The summed E-state index contributed by atoms with van der Waals surface area (Å²) in [6, 6.07) is 12.1. The van der Waals surface area contributed by atoms with Crippen molar-refractivity contribution in [1.82, 2.24) is 4.98 Å². The second-order valence-electron chi connectivity index (χ2n) is 3.19. The first-order valence-corrected chi connectivity index (χ1v) is 4.74. The Morgan fingerprint density at radius 1 is 1.07 bits per heavy atom. The number of nitrogens with zero attached hydrogens (tertiary/aromatic N) is 1. The van der Waals surface area contributed by atoms with Crippen LogP contribution in [0.5, 0.6) is 0 Å². The van der Waals surface area contributed by atoms with Crippen LogP contribution in [0.15, 0.2) is 48.7 Å². The Balaban J connectivity index is 1.96. The van der Waals surface area contributed by atoms with E-state index in [1.54, 1.807) is 18.3 Å². The van der Waals surface area contributed by atoms with Gasteiger partial charge in [-0.05, 0) is 29.8 Å². The molecule has 1 aromatic carbocycles. The molecule has 0 saturated carbocycles. The van der Waals surface area contributed by atoms with Gasteiger partial charge in [0.2, 0.25) is 0 Å². The molecule has 0 bridgehead atoms. The molecule has 0 amide bonds. The Bertz CT molecular complexity index is 411. The summed E-state index contributed by atoms with van der Waals surface area (Å²) in [6.45, 7) is 0.650. The number of aromatic nitrogens is 1. The van der Waals surface area contributed by atoms with Crippen molar-refractivity contribution in [1.29, 1.82) is 0 Å². The third-order valence-corrected chi connectivity index (χ3v) is 2.05. The smallest absolute Gasteiger partial charge is 0.126 e. The van der Waals surface area contributed by atoms with Crippen LogP contribution in [-0.2, 0) is 6.54 Å². The molecule has 0 atom stereocenters. The van der Waals surface area contributed by atoms with Crippen molar-refractivity contribution in [3.8, 4) is 0 Å². The van der Waals surface area contributed by atoms with Gasteiger partial charge in [-0.1, -0.05) is 18.2 Å². The molecule has 3 heteroatoms. The molecule has 0 saturated heterocycles. The molecule has 0 radical (unpaired) electrons. The van der Waals surface area contributed by atoms with Gasteiger partial charge in [0.15, 0.2) is 0 Å². The Hall–Kier alpha value is -1.90. The second kappa shape index (κ2) is 4.55. The maximum atomic E-state index is 12.6. The van der Waals surface area contributed by atoms with Crippen LogP contribution < -0.4 is 5.32 Å². The first-order chi connectivity index (χ1) is 7.34. The molecule has 76 valence electrons. The fourth-order valence-electron chi connectivity index (χ4n) is 1.26.